The maximum atomic E-state index is 13.1. The molecule has 0 aliphatic carbocycles. The van der Waals surface area contributed by atoms with Gasteiger partial charge in [0.15, 0.2) is 0 Å². The molecule has 1 heterocycles. The minimum absolute atomic E-state index is 0.317. The van der Waals surface area contributed by atoms with E-state index in [9.17, 15) is 29.7 Å². The minimum atomic E-state index is -0.941. The van der Waals surface area contributed by atoms with Crippen molar-refractivity contribution in [2.75, 3.05) is 52.4 Å². The first kappa shape index (κ1) is 44.9. The van der Waals surface area contributed by atoms with Crippen LogP contribution in [0.4, 0.5) is 0 Å². The second kappa shape index (κ2) is 23.4. The Kier molecular flexibility index (Phi) is 17.2. The average Bonchev–Trinajstić information content (AvgIpc) is 3.27. The van der Waals surface area contributed by atoms with Crippen LogP contribution >= 0.6 is 0 Å². The molecule has 1 aliphatic rings. The molecule has 320 valence electrons. The van der Waals surface area contributed by atoms with Gasteiger partial charge in [-0.1, -0.05) is 146 Å². The summed E-state index contributed by atoms with van der Waals surface area (Å²) in [6, 6.07) is 46.0. The van der Waals surface area contributed by atoms with Crippen LogP contribution in [0.1, 0.15) is 41.5 Å². The fourth-order valence-electron chi connectivity index (χ4n) is 8.52. The molecule has 1 aliphatic heterocycles. The molecule has 10 nitrogen and oxygen atoms in total. The van der Waals surface area contributed by atoms with Crippen molar-refractivity contribution in [3.8, 4) is 11.1 Å². The number of carboxylic acids is 3. The third kappa shape index (κ3) is 13.9. The molecule has 1 saturated heterocycles. The molecule has 0 aromatic heterocycles. The molecule has 61 heavy (non-hydrogen) atoms. The zero-order chi connectivity index (χ0) is 42.8. The second-order valence-electron chi connectivity index (χ2n) is 16.1. The molecule has 0 saturated carbocycles. The summed E-state index contributed by atoms with van der Waals surface area (Å²) in [4.78, 5) is 47.7. The zero-order valence-electron chi connectivity index (χ0n) is 35.1. The molecule has 5 aromatic rings. The molecule has 5 aromatic carbocycles. The summed E-state index contributed by atoms with van der Waals surface area (Å²) in [6.07, 6.45) is 2.94. The predicted molar refractivity (Wildman–Crippen MR) is 240 cm³/mol. The number of nitrogens with zero attached hydrogens (tertiary/aromatic N) is 4. The number of rotatable bonds is 18. The van der Waals surface area contributed by atoms with Crippen molar-refractivity contribution in [2.24, 2.45) is 0 Å². The Morgan fingerprint density at radius 3 is 1.00 bits per heavy atom. The number of benzene rings is 5. The average molecular weight is 825 g/mol. The largest absolute Gasteiger partial charge is 0.480 e. The summed E-state index contributed by atoms with van der Waals surface area (Å²) in [5.74, 6) is -2.74. The minimum Gasteiger partial charge on any atom is -0.480 e. The van der Waals surface area contributed by atoms with E-state index in [1.165, 1.54) is 0 Å². The van der Waals surface area contributed by atoms with Gasteiger partial charge in [-0.25, -0.2) is 0 Å². The lowest BCUT2D eigenvalue weighted by atomic mass is 10.0. The van der Waals surface area contributed by atoms with Crippen LogP contribution in [0.3, 0.4) is 0 Å². The van der Waals surface area contributed by atoms with Crippen molar-refractivity contribution in [1.29, 1.82) is 0 Å². The summed E-state index contributed by atoms with van der Waals surface area (Å²) < 4.78 is 0. The molecule has 0 spiro atoms. The highest BCUT2D eigenvalue weighted by atomic mass is 16.4. The molecule has 3 unspecified atom stereocenters. The van der Waals surface area contributed by atoms with Crippen LogP contribution in [0.25, 0.3) is 11.1 Å². The lowest BCUT2D eigenvalue weighted by Gasteiger charge is -2.39. The molecule has 0 radical (unpaired) electrons. The first-order chi connectivity index (χ1) is 29.7. The molecular formula is C51H60N4O6. The third-order valence-electron chi connectivity index (χ3n) is 12.0. The summed E-state index contributed by atoms with van der Waals surface area (Å²) in [7, 11) is 0. The van der Waals surface area contributed by atoms with Crippen LogP contribution < -0.4 is 0 Å². The topological polar surface area (TPSA) is 125 Å². The van der Waals surface area contributed by atoms with Gasteiger partial charge in [0.2, 0.25) is 0 Å². The highest BCUT2D eigenvalue weighted by Crippen LogP contribution is 2.22. The molecule has 3 atom stereocenters. The van der Waals surface area contributed by atoms with E-state index in [2.05, 4.69) is 41.3 Å². The quantitative estimate of drug-likeness (QED) is 0.0828. The van der Waals surface area contributed by atoms with Crippen LogP contribution in [0, 0.1) is 0 Å². The highest BCUT2D eigenvalue weighted by Gasteiger charge is 2.33. The molecule has 1 fully saturated rings. The third-order valence-corrected chi connectivity index (χ3v) is 12.0. The Labute approximate surface area is 360 Å². The van der Waals surface area contributed by atoms with Crippen molar-refractivity contribution in [2.45, 2.75) is 63.2 Å². The maximum absolute atomic E-state index is 13.1. The SMILES string of the molecule is O=C(O)C(CCc1ccccc1)N1CCN(Cc2ccc(-c3ccccc3)cc2)CCN(C(CCc2ccccc2)C(=O)O)CCN(C(CCc2ccccc2)C(=O)O)CC1. The van der Waals surface area contributed by atoms with Crippen LogP contribution in [-0.2, 0) is 40.2 Å². The number of carboxylic acid groups (broad SMARTS) is 3. The summed E-state index contributed by atoms with van der Waals surface area (Å²) in [5.41, 5.74) is 6.54. The Bertz CT molecular complexity index is 1990. The van der Waals surface area contributed by atoms with Gasteiger partial charge in [-0.3, -0.25) is 34.0 Å². The van der Waals surface area contributed by atoms with E-state index < -0.39 is 36.0 Å². The number of aliphatic carboxylic acids is 3. The molecular weight excluding hydrogens is 765 g/mol. The van der Waals surface area contributed by atoms with E-state index in [0.717, 1.165) is 33.4 Å². The number of hydrogen-bond donors (Lipinski definition) is 3. The van der Waals surface area contributed by atoms with Gasteiger partial charge in [0.05, 0.1) is 0 Å². The van der Waals surface area contributed by atoms with E-state index >= 15 is 0 Å². The normalized spacial score (nSPS) is 16.7. The number of carbonyl (C=O) groups is 3. The summed E-state index contributed by atoms with van der Waals surface area (Å²) >= 11 is 0. The van der Waals surface area contributed by atoms with Crippen molar-refractivity contribution >= 4 is 17.9 Å². The second-order valence-corrected chi connectivity index (χ2v) is 16.1. The Morgan fingerprint density at radius 1 is 0.377 bits per heavy atom. The van der Waals surface area contributed by atoms with Gasteiger partial charge < -0.3 is 15.3 Å². The van der Waals surface area contributed by atoms with E-state index in [0.29, 0.717) is 97.4 Å². The van der Waals surface area contributed by atoms with Gasteiger partial charge in [0, 0.05) is 58.9 Å². The maximum Gasteiger partial charge on any atom is 0.320 e. The van der Waals surface area contributed by atoms with E-state index in [4.69, 9.17) is 0 Å². The standard InChI is InChI=1S/C51H60N4O6/c56-49(57)46(28-23-40-13-5-1-6-14-40)53-33-31-52(39-43-21-26-45(27-22-43)44-19-11-4-12-20-44)32-34-54(47(50(58)59)29-24-41-15-7-2-8-16-41)36-38-55(37-35-53)48(51(60)61)30-25-42-17-9-3-10-18-42/h1-22,26-27,46-48H,23-25,28-39H2,(H,56,57)(H,58,59)(H,60,61). The number of aryl methyl sites for hydroxylation is 3. The molecule has 0 bridgehead atoms. The van der Waals surface area contributed by atoms with Gasteiger partial charge in [0.25, 0.3) is 0 Å². The van der Waals surface area contributed by atoms with E-state index in [1.54, 1.807) is 0 Å². The monoisotopic (exact) mass is 824 g/mol. The Balaban J connectivity index is 1.30. The number of hydrogen-bond acceptors (Lipinski definition) is 7. The van der Waals surface area contributed by atoms with Crippen molar-refractivity contribution in [3.63, 3.8) is 0 Å². The van der Waals surface area contributed by atoms with Gasteiger partial charge in [0.1, 0.15) is 18.1 Å². The fraction of sp³-hybridized carbons (Fsp3) is 0.353. The van der Waals surface area contributed by atoms with Gasteiger partial charge in [-0.15, -0.1) is 0 Å². The van der Waals surface area contributed by atoms with E-state index in [-0.39, 0.29) is 0 Å². The van der Waals surface area contributed by atoms with Crippen molar-refractivity contribution < 1.29 is 29.7 Å². The predicted octanol–water partition coefficient (Wildman–Crippen LogP) is 7.33. The summed E-state index contributed by atoms with van der Waals surface area (Å²) in [5, 5.41) is 32.2. The lowest BCUT2D eigenvalue weighted by Crippen LogP contribution is -2.55. The van der Waals surface area contributed by atoms with Crippen LogP contribution in [0.15, 0.2) is 146 Å². The van der Waals surface area contributed by atoms with Gasteiger partial charge in [-0.05, 0) is 71.9 Å². The summed E-state index contributed by atoms with van der Waals surface area (Å²) in [6.45, 7) is 3.90. The Morgan fingerprint density at radius 2 is 0.672 bits per heavy atom. The molecule has 3 N–H and O–H groups in total. The smallest absolute Gasteiger partial charge is 0.320 e. The lowest BCUT2D eigenvalue weighted by molar-refractivity contribution is -0.147. The first-order valence-corrected chi connectivity index (χ1v) is 21.6. The van der Waals surface area contributed by atoms with Crippen LogP contribution in [-0.4, -0.2) is 123 Å². The highest BCUT2D eigenvalue weighted by molar-refractivity contribution is 5.74. The molecule has 6 rings (SSSR count). The Hall–Kier alpha value is -5.65. The van der Waals surface area contributed by atoms with E-state index in [1.807, 2.05) is 124 Å². The van der Waals surface area contributed by atoms with Crippen LogP contribution in [0.2, 0.25) is 0 Å². The van der Waals surface area contributed by atoms with Gasteiger partial charge in [-0.2, -0.15) is 0 Å². The molecule has 10 heteroatoms. The van der Waals surface area contributed by atoms with Crippen LogP contribution in [0.5, 0.6) is 0 Å². The van der Waals surface area contributed by atoms with Crippen molar-refractivity contribution in [3.05, 3.63) is 168 Å². The van der Waals surface area contributed by atoms with Crippen molar-refractivity contribution in [1.82, 2.24) is 19.6 Å². The fourth-order valence-corrected chi connectivity index (χ4v) is 8.52. The zero-order valence-corrected chi connectivity index (χ0v) is 35.1. The molecule has 0 amide bonds. The first-order valence-electron chi connectivity index (χ1n) is 21.6. The van der Waals surface area contributed by atoms with Gasteiger partial charge >= 0.3 is 17.9 Å².